The van der Waals surface area contributed by atoms with Gasteiger partial charge in [-0.2, -0.15) is 5.10 Å². The third-order valence-corrected chi connectivity index (χ3v) is 3.31. The van der Waals surface area contributed by atoms with Gasteiger partial charge in [-0.3, -0.25) is 4.98 Å². The predicted octanol–water partition coefficient (Wildman–Crippen LogP) is 2.55. The number of rotatable bonds is 4. The maximum Gasteiger partial charge on any atom is 0.356 e. The molecule has 1 N–H and O–H groups in total. The van der Waals surface area contributed by atoms with E-state index in [2.05, 4.69) is 20.1 Å². The van der Waals surface area contributed by atoms with Crippen molar-refractivity contribution in [2.75, 3.05) is 0 Å². The lowest BCUT2D eigenvalue weighted by atomic mass is 10.1. The van der Waals surface area contributed by atoms with Crippen LogP contribution < -0.4 is 0 Å². The fourth-order valence-electron chi connectivity index (χ4n) is 2.06. The number of carboxylic acids is 1. The number of carboxylic acid groups (broad SMARTS) is 1. The van der Waals surface area contributed by atoms with Gasteiger partial charge in [0.15, 0.2) is 17.3 Å². The van der Waals surface area contributed by atoms with Crippen molar-refractivity contribution in [1.29, 1.82) is 0 Å². The summed E-state index contributed by atoms with van der Waals surface area (Å²) in [6, 6.07) is 6.91. The lowest BCUT2D eigenvalue weighted by Crippen LogP contribution is -2.06. The van der Waals surface area contributed by atoms with Crippen LogP contribution in [0.2, 0.25) is 0 Å². The molecule has 0 amide bonds. The molecule has 0 atom stereocenters. The topological polar surface area (TPSA) is 93.8 Å². The highest BCUT2D eigenvalue weighted by Crippen LogP contribution is 2.21. The van der Waals surface area contributed by atoms with Gasteiger partial charge >= 0.3 is 5.97 Å². The van der Waals surface area contributed by atoms with E-state index in [4.69, 9.17) is 5.11 Å². The molecule has 0 unspecified atom stereocenters. The van der Waals surface area contributed by atoms with Crippen LogP contribution in [0, 0.1) is 0 Å². The minimum atomic E-state index is -1.07. The molecular formula is C16H15N5O2. The molecule has 0 spiro atoms. The first-order valence-corrected chi connectivity index (χ1v) is 7.13. The van der Waals surface area contributed by atoms with Gasteiger partial charge in [-0.05, 0) is 24.1 Å². The van der Waals surface area contributed by atoms with Gasteiger partial charge in [-0.15, -0.1) is 0 Å². The van der Waals surface area contributed by atoms with E-state index in [0.29, 0.717) is 11.6 Å². The Bertz CT molecular complexity index is 843. The highest BCUT2D eigenvalue weighted by molar-refractivity contribution is 5.85. The second-order valence-corrected chi connectivity index (χ2v) is 5.32. The molecule has 0 saturated carbocycles. The van der Waals surface area contributed by atoms with Gasteiger partial charge in [-0.25, -0.2) is 19.4 Å². The van der Waals surface area contributed by atoms with E-state index < -0.39 is 5.97 Å². The molecule has 0 aliphatic heterocycles. The van der Waals surface area contributed by atoms with Crippen LogP contribution in [0.5, 0.6) is 0 Å². The van der Waals surface area contributed by atoms with Gasteiger partial charge in [0.1, 0.15) is 0 Å². The second kappa shape index (κ2) is 5.96. The zero-order valence-electron chi connectivity index (χ0n) is 12.7. The Labute approximate surface area is 132 Å². The molecule has 0 aliphatic carbocycles. The molecular weight excluding hydrogens is 294 g/mol. The number of aromatic carboxylic acids is 1. The van der Waals surface area contributed by atoms with Gasteiger partial charge in [0.2, 0.25) is 0 Å². The van der Waals surface area contributed by atoms with E-state index in [0.717, 1.165) is 11.3 Å². The van der Waals surface area contributed by atoms with Crippen LogP contribution in [0.3, 0.4) is 0 Å². The van der Waals surface area contributed by atoms with Gasteiger partial charge in [0.25, 0.3) is 0 Å². The number of hydrogen-bond donors (Lipinski definition) is 1. The first kappa shape index (κ1) is 14.8. The second-order valence-electron chi connectivity index (χ2n) is 5.32. The first-order chi connectivity index (χ1) is 11.0. The Morgan fingerprint density at radius 3 is 2.52 bits per heavy atom. The standard InChI is InChI=1S/C16H15N5O2/c1-10(2)13-9-14(21-8-5-12(20-21)16(22)23)19-15(18-13)11-3-6-17-7-4-11/h3-10H,1-2H3,(H,22,23). The Morgan fingerprint density at radius 2 is 1.91 bits per heavy atom. The van der Waals surface area contributed by atoms with Crippen LogP contribution >= 0.6 is 0 Å². The zero-order chi connectivity index (χ0) is 16.4. The third kappa shape index (κ3) is 3.08. The summed E-state index contributed by atoms with van der Waals surface area (Å²) in [5.41, 5.74) is 1.67. The van der Waals surface area contributed by atoms with Crippen molar-refractivity contribution >= 4 is 5.97 Å². The molecule has 0 aromatic carbocycles. The van der Waals surface area contributed by atoms with Crippen molar-refractivity contribution in [2.45, 2.75) is 19.8 Å². The number of carbonyl (C=O) groups is 1. The van der Waals surface area contributed by atoms with E-state index >= 15 is 0 Å². The summed E-state index contributed by atoms with van der Waals surface area (Å²) in [5, 5.41) is 13.0. The molecule has 3 aromatic rings. The minimum Gasteiger partial charge on any atom is -0.476 e. The molecule has 0 saturated heterocycles. The van der Waals surface area contributed by atoms with Crippen LogP contribution in [-0.2, 0) is 0 Å². The lowest BCUT2D eigenvalue weighted by molar-refractivity contribution is 0.0690. The van der Waals surface area contributed by atoms with Crippen molar-refractivity contribution < 1.29 is 9.90 Å². The summed E-state index contributed by atoms with van der Waals surface area (Å²) in [7, 11) is 0. The SMILES string of the molecule is CC(C)c1cc(-n2ccc(C(=O)O)n2)nc(-c2ccncc2)n1. The summed E-state index contributed by atoms with van der Waals surface area (Å²) in [5.74, 6) is 0.215. The van der Waals surface area contributed by atoms with Crippen molar-refractivity contribution in [3.63, 3.8) is 0 Å². The van der Waals surface area contributed by atoms with Crippen molar-refractivity contribution in [1.82, 2.24) is 24.7 Å². The molecule has 0 aliphatic rings. The largest absolute Gasteiger partial charge is 0.476 e. The maximum absolute atomic E-state index is 11.0. The van der Waals surface area contributed by atoms with Gasteiger partial charge in [0, 0.05) is 35.9 Å². The van der Waals surface area contributed by atoms with Crippen LogP contribution in [0.25, 0.3) is 17.2 Å². The Morgan fingerprint density at radius 1 is 1.17 bits per heavy atom. The number of hydrogen-bond acceptors (Lipinski definition) is 5. The van der Waals surface area contributed by atoms with E-state index in [-0.39, 0.29) is 11.6 Å². The summed E-state index contributed by atoms with van der Waals surface area (Å²) >= 11 is 0. The molecule has 0 bridgehead atoms. The van der Waals surface area contributed by atoms with E-state index in [1.165, 1.54) is 10.7 Å². The average Bonchev–Trinajstić information content (AvgIpc) is 3.05. The fraction of sp³-hybridized carbons (Fsp3) is 0.188. The molecule has 0 radical (unpaired) electrons. The van der Waals surface area contributed by atoms with Crippen molar-refractivity contribution in [2.24, 2.45) is 0 Å². The lowest BCUT2D eigenvalue weighted by Gasteiger charge is -2.10. The molecule has 23 heavy (non-hydrogen) atoms. The highest BCUT2D eigenvalue weighted by Gasteiger charge is 2.13. The van der Waals surface area contributed by atoms with Gasteiger partial charge in [0.05, 0.1) is 0 Å². The predicted molar refractivity (Wildman–Crippen MR) is 83.4 cm³/mol. The van der Waals surface area contributed by atoms with Crippen molar-refractivity contribution in [3.05, 3.63) is 54.2 Å². The van der Waals surface area contributed by atoms with Crippen molar-refractivity contribution in [3.8, 4) is 17.2 Å². The van der Waals surface area contributed by atoms with E-state index in [9.17, 15) is 4.79 Å². The van der Waals surface area contributed by atoms with Crippen LogP contribution in [0.1, 0.15) is 35.9 Å². The monoisotopic (exact) mass is 309 g/mol. The molecule has 3 heterocycles. The smallest absolute Gasteiger partial charge is 0.356 e. The van der Waals surface area contributed by atoms with Gasteiger partial charge < -0.3 is 5.11 Å². The molecule has 0 fully saturated rings. The quantitative estimate of drug-likeness (QED) is 0.796. The van der Waals surface area contributed by atoms with Crippen LogP contribution in [0.4, 0.5) is 0 Å². The molecule has 7 nitrogen and oxygen atoms in total. The fourth-order valence-corrected chi connectivity index (χ4v) is 2.06. The van der Waals surface area contributed by atoms with Crippen LogP contribution in [0.15, 0.2) is 42.9 Å². The molecule has 3 rings (SSSR count). The summed E-state index contributed by atoms with van der Waals surface area (Å²) < 4.78 is 1.45. The Kier molecular flexibility index (Phi) is 3.84. The van der Waals surface area contributed by atoms with E-state index in [1.807, 2.05) is 32.0 Å². The Hall–Kier alpha value is -3.09. The van der Waals surface area contributed by atoms with Gasteiger partial charge in [-0.1, -0.05) is 13.8 Å². The average molecular weight is 309 g/mol. The number of aromatic nitrogens is 5. The maximum atomic E-state index is 11.0. The van der Waals surface area contributed by atoms with Crippen LogP contribution in [-0.4, -0.2) is 35.8 Å². The summed E-state index contributed by atoms with van der Waals surface area (Å²) in [4.78, 5) is 24.1. The molecule has 116 valence electrons. The summed E-state index contributed by atoms with van der Waals surface area (Å²) in [6.45, 7) is 4.07. The first-order valence-electron chi connectivity index (χ1n) is 7.13. The number of nitrogens with zero attached hydrogens (tertiary/aromatic N) is 5. The normalized spacial score (nSPS) is 10.9. The molecule has 7 heteroatoms. The Balaban J connectivity index is 2.12. The zero-order valence-corrected chi connectivity index (χ0v) is 12.7. The highest BCUT2D eigenvalue weighted by atomic mass is 16.4. The minimum absolute atomic E-state index is 0.0276. The summed E-state index contributed by atoms with van der Waals surface area (Å²) in [6.07, 6.45) is 4.93. The number of pyridine rings is 1. The molecule has 3 aromatic heterocycles. The van der Waals surface area contributed by atoms with E-state index in [1.54, 1.807) is 18.6 Å². The third-order valence-electron chi connectivity index (χ3n) is 3.31.